The highest BCUT2D eigenvalue weighted by Gasteiger charge is 2.01. The zero-order chi connectivity index (χ0) is 11.8. The van der Waals surface area contributed by atoms with E-state index in [1.165, 1.54) is 0 Å². The molecule has 0 aliphatic carbocycles. The van der Waals surface area contributed by atoms with E-state index in [0.717, 1.165) is 5.56 Å². The van der Waals surface area contributed by atoms with Crippen LogP contribution in [-0.2, 0) is 4.74 Å². The largest absolute Gasteiger partial charge is 0.491 e. The Balaban J connectivity index is 2.44. The molecule has 0 fully saturated rings. The van der Waals surface area contributed by atoms with E-state index in [0.29, 0.717) is 31.1 Å². The molecule has 0 aromatic heterocycles. The van der Waals surface area contributed by atoms with Gasteiger partial charge in [0.15, 0.2) is 0 Å². The highest BCUT2D eigenvalue weighted by atomic mass is 16.5. The van der Waals surface area contributed by atoms with Gasteiger partial charge < -0.3 is 14.6 Å². The average Bonchev–Trinajstić information content (AvgIpc) is 2.31. The molecule has 0 aliphatic rings. The van der Waals surface area contributed by atoms with Crippen LogP contribution in [-0.4, -0.2) is 31.5 Å². The Morgan fingerprint density at radius 3 is 2.81 bits per heavy atom. The fourth-order valence-electron chi connectivity index (χ4n) is 1.20. The summed E-state index contributed by atoms with van der Waals surface area (Å²) in [7, 11) is 0. The number of hydrogen-bond donors (Lipinski definition) is 1. The van der Waals surface area contributed by atoms with E-state index in [2.05, 4.69) is 6.07 Å². The van der Waals surface area contributed by atoms with Crippen LogP contribution in [0.15, 0.2) is 18.2 Å². The maximum atomic E-state index is 8.74. The highest BCUT2D eigenvalue weighted by molar-refractivity contribution is 5.41. The van der Waals surface area contributed by atoms with Crippen molar-refractivity contribution in [1.29, 1.82) is 5.26 Å². The molecule has 0 spiro atoms. The number of ether oxygens (including phenoxy) is 2. The van der Waals surface area contributed by atoms with Gasteiger partial charge in [0, 0.05) is 0 Å². The predicted octanol–water partition coefficient (Wildman–Crippen LogP) is 1.25. The third-order valence-corrected chi connectivity index (χ3v) is 2.04. The van der Waals surface area contributed by atoms with Crippen molar-refractivity contribution in [3.8, 4) is 11.8 Å². The molecule has 1 aromatic rings. The topological polar surface area (TPSA) is 62.5 Å². The van der Waals surface area contributed by atoms with Crippen molar-refractivity contribution in [2.24, 2.45) is 0 Å². The van der Waals surface area contributed by atoms with Crippen LogP contribution in [0.25, 0.3) is 0 Å². The van der Waals surface area contributed by atoms with Crippen molar-refractivity contribution in [2.75, 3.05) is 26.4 Å². The van der Waals surface area contributed by atoms with Crippen molar-refractivity contribution in [2.45, 2.75) is 6.92 Å². The summed E-state index contributed by atoms with van der Waals surface area (Å²) in [6, 6.07) is 7.37. The molecule has 16 heavy (non-hydrogen) atoms. The monoisotopic (exact) mass is 221 g/mol. The number of nitrogens with zero attached hydrogens (tertiary/aromatic N) is 1. The molecule has 0 saturated heterocycles. The summed E-state index contributed by atoms with van der Waals surface area (Å²) in [5.41, 5.74) is 1.57. The van der Waals surface area contributed by atoms with E-state index in [-0.39, 0.29) is 6.61 Å². The number of benzene rings is 1. The molecule has 4 heteroatoms. The SMILES string of the molecule is Cc1ccc(C#N)cc1OCCOCCO. The van der Waals surface area contributed by atoms with Crippen molar-refractivity contribution in [1.82, 2.24) is 0 Å². The normalized spacial score (nSPS) is 9.81. The summed E-state index contributed by atoms with van der Waals surface area (Å²) >= 11 is 0. The Labute approximate surface area is 95.0 Å². The van der Waals surface area contributed by atoms with Gasteiger partial charge in [-0.25, -0.2) is 0 Å². The highest BCUT2D eigenvalue weighted by Crippen LogP contribution is 2.18. The first-order chi connectivity index (χ1) is 7.77. The second-order valence-electron chi connectivity index (χ2n) is 3.28. The Morgan fingerprint density at radius 1 is 1.31 bits per heavy atom. The van der Waals surface area contributed by atoms with E-state index in [9.17, 15) is 0 Å². The second-order valence-corrected chi connectivity index (χ2v) is 3.28. The Morgan fingerprint density at radius 2 is 2.12 bits per heavy atom. The number of nitriles is 1. The van der Waals surface area contributed by atoms with Crippen molar-refractivity contribution < 1.29 is 14.6 Å². The zero-order valence-electron chi connectivity index (χ0n) is 9.27. The molecule has 1 N–H and O–H groups in total. The van der Waals surface area contributed by atoms with Crippen LogP contribution in [0.4, 0.5) is 0 Å². The lowest BCUT2D eigenvalue weighted by atomic mass is 10.1. The molecule has 0 bridgehead atoms. The van der Waals surface area contributed by atoms with Gasteiger partial charge in [0.1, 0.15) is 12.4 Å². The summed E-state index contributed by atoms with van der Waals surface area (Å²) in [6.07, 6.45) is 0. The van der Waals surface area contributed by atoms with Gasteiger partial charge in [-0.3, -0.25) is 0 Å². The van der Waals surface area contributed by atoms with Gasteiger partial charge in [-0.05, 0) is 24.6 Å². The Kier molecular flexibility index (Phi) is 5.34. The molecule has 0 radical (unpaired) electrons. The van der Waals surface area contributed by atoms with E-state index >= 15 is 0 Å². The number of rotatable bonds is 6. The van der Waals surface area contributed by atoms with Crippen LogP contribution in [0, 0.1) is 18.3 Å². The maximum Gasteiger partial charge on any atom is 0.123 e. The third kappa shape index (κ3) is 3.89. The molecular formula is C12H15NO3. The first-order valence-corrected chi connectivity index (χ1v) is 5.10. The van der Waals surface area contributed by atoms with Gasteiger partial charge in [0.2, 0.25) is 0 Å². The van der Waals surface area contributed by atoms with Gasteiger partial charge in [0.05, 0.1) is 31.5 Å². The van der Waals surface area contributed by atoms with Gasteiger partial charge in [-0.15, -0.1) is 0 Å². The van der Waals surface area contributed by atoms with Crippen LogP contribution < -0.4 is 4.74 Å². The van der Waals surface area contributed by atoms with Gasteiger partial charge in [-0.1, -0.05) is 6.07 Å². The smallest absolute Gasteiger partial charge is 0.123 e. The zero-order valence-corrected chi connectivity index (χ0v) is 9.27. The van der Waals surface area contributed by atoms with Crippen molar-refractivity contribution in [3.63, 3.8) is 0 Å². The Bertz CT molecular complexity index is 371. The van der Waals surface area contributed by atoms with E-state index in [1.807, 2.05) is 13.0 Å². The minimum atomic E-state index is 0.0168. The quantitative estimate of drug-likeness (QED) is 0.734. The molecular weight excluding hydrogens is 206 g/mol. The first-order valence-electron chi connectivity index (χ1n) is 5.10. The van der Waals surface area contributed by atoms with E-state index in [1.54, 1.807) is 12.1 Å². The average molecular weight is 221 g/mol. The molecule has 0 saturated carbocycles. The third-order valence-electron chi connectivity index (χ3n) is 2.04. The lowest BCUT2D eigenvalue weighted by Crippen LogP contribution is -2.09. The maximum absolute atomic E-state index is 8.74. The number of hydrogen-bond acceptors (Lipinski definition) is 4. The molecule has 0 unspecified atom stereocenters. The molecule has 0 heterocycles. The van der Waals surface area contributed by atoms with Crippen molar-refractivity contribution in [3.05, 3.63) is 29.3 Å². The Hall–Kier alpha value is -1.57. The first kappa shape index (κ1) is 12.5. The predicted molar refractivity (Wildman–Crippen MR) is 59.3 cm³/mol. The number of aliphatic hydroxyl groups is 1. The van der Waals surface area contributed by atoms with Gasteiger partial charge >= 0.3 is 0 Å². The molecule has 1 aromatic carbocycles. The fraction of sp³-hybridized carbons (Fsp3) is 0.417. The van der Waals surface area contributed by atoms with Crippen LogP contribution >= 0.6 is 0 Å². The molecule has 86 valence electrons. The summed E-state index contributed by atoms with van der Waals surface area (Å²) in [5.74, 6) is 0.701. The fourth-order valence-corrected chi connectivity index (χ4v) is 1.20. The van der Waals surface area contributed by atoms with Crippen LogP contribution in [0.2, 0.25) is 0 Å². The summed E-state index contributed by atoms with van der Waals surface area (Å²) in [5, 5.41) is 17.2. The molecule has 4 nitrogen and oxygen atoms in total. The van der Waals surface area contributed by atoms with E-state index in [4.69, 9.17) is 19.8 Å². The standard InChI is InChI=1S/C12H15NO3/c1-10-2-3-11(9-13)8-12(10)16-7-6-15-5-4-14/h2-3,8,14H,4-7H2,1H3. The summed E-state index contributed by atoms with van der Waals surface area (Å²) < 4.78 is 10.5. The van der Waals surface area contributed by atoms with Gasteiger partial charge in [-0.2, -0.15) is 5.26 Å². The van der Waals surface area contributed by atoms with E-state index < -0.39 is 0 Å². The van der Waals surface area contributed by atoms with Crippen LogP contribution in [0.3, 0.4) is 0 Å². The molecule has 0 amide bonds. The van der Waals surface area contributed by atoms with Crippen LogP contribution in [0.1, 0.15) is 11.1 Å². The van der Waals surface area contributed by atoms with Crippen molar-refractivity contribution >= 4 is 0 Å². The molecule has 1 rings (SSSR count). The minimum Gasteiger partial charge on any atom is -0.491 e. The van der Waals surface area contributed by atoms with Gasteiger partial charge in [0.25, 0.3) is 0 Å². The second kappa shape index (κ2) is 6.83. The van der Waals surface area contributed by atoms with Crippen LogP contribution in [0.5, 0.6) is 5.75 Å². The lowest BCUT2D eigenvalue weighted by molar-refractivity contribution is 0.0703. The minimum absolute atomic E-state index is 0.0168. The number of aliphatic hydroxyl groups excluding tert-OH is 1. The molecule has 0 atom stereocenters. The summed E-state index contributed by atoms with van der Waals surface area (Å²) in [6.45, 7) is 3.10. The summed E-state index contributed by atoms with van der Waals surface area (Å²) in [4.78, 5) is 0. The number of aryl methyl sites for hydroxylation is 1. The molecule has 0 aliphatic heterocycles. The lowest BCUT2D eigenvalue weighted by Gasteiger charge is -2.09.